The lowest BCUT2D eigenvalue weighted by atomic mass is 9.85. The van der Waals surface area contributed by atoms with Gasteiger partial charge in [0.1, 0.15) is 5.60 Å². The molecule has 1 unspecified atom stereocenters. The predicted molar refractivity (Wildman–Crippen MR) is 128 cm³/mol. The Kier molecular flexibility index (Phi) is 6.48. The maximum absolute atomic E-state index is 13.6. The van der Waals surface area contributed by atoms with E-state index >= 15 is 0 Å². The summed E-state index contributed by atoms with van der Waals surface area (Å²) < 4.78 is 0. The van der Waals surface area contributed by atoms with Crippen molar-refractivity contribution < 1.29 is 9.90 Å². The number of benzene rings is 4. The van der Waals surface area contributed by atoms with Gasteiger partial charge in [0.2, 0.25) is 0 Å². The molecule has 0 aliphatic carbocycles. The Balaban J connectivity index is 1.77. The highest BCUT2D eigenvalue weighted by molar-refractivity contribution is 5.94. The van der Waals surface area contributed by atoms with Gasteiger partial charge in [0.05, 0.1) is 6.54 Å². The van der Waals surface area contributed by atoms with Crippen LogP contribution in [-0.4, -0.2) is 22.5 Å². The number of hydrogen-bond donors (Lipinski definition) is 1. The molecule has 1 amide bonds. The first-order chi connectivity index (χ1) is 15.6. The van der Waals surface area contributed by atoms with Crippen LogP contribution >= 0.6 is 0 Å². The number of nitrogens with zero attached hydrogens (tertiary/aromatic N) is 1. The smallest absolute Gasteiger partial charge is 0.254 e. The molecule has 0 aromatic heterocycles. The zero-order chi connectivity index (χ0) is 22.4. The average Bonchev–Trinajstić information content (AvgIpc) is 2.85. The number of rotatable bonds is 7. The molecule has 4 aromatic rings. The third kappa shape index (κ3) is 4.79. The Morgan fingerprint density at radius 1 is 0.719 bits per heavy atom. The van der Waals surface area contributed by atoms with Crippen LogP contribution in [0, 0.1) is 6.92 Å². The normalized spacial score (nSPS) is 12.7. The monoisotopic (exact) mass is 421 g/mol. The van der Waals surface area contributed by atoms with E-state index in [1.54, 1.807) is 4.90 Å². The minimum absolute atomic E-state index is 0.115. The van der Waals surface area contributed by atoms with Crippen LogP contribution < -0.4 is 0 Å². The van der Waals surface area contributed by atoms with Crippen molar-refractivity contribution in [1.29, 1.82) is 0 Å². The molecule has 0 spiro atoms. The van der Waals surface area contributed by atoms with Gasteiger partial charge in [-0.2, -0.15) is 0 Å². The molecule has 0 heterocycles. The highest BCUT2D eigenvalue weighted by Crippen LogP contribution is 2.32. The Morgan fingerprint density at radius 2 is 1.22 bits per heavy atom. The van der Waals surface area contributed by atoms with Crippen molar-refractivity contribution in [3.05, 3.63) is 143 Å². The number of amides is 1. The Hall–Kier alpha value is -3.69. The van der Waals surface area contributed by atoms with Crippen molar-refractivity contribution in [1.82, 2.24) is 4.90 Å². The molecule has 0 saturated carbocycles. The van der Waals surface area contributed by atoms with E-state index in [2.05, 4.69) is 0 Å². The molecule has 0 bridgehead atoms. The second-order valence-electron chi connectivity index (χ2n) is 8.11. The minimum Gasteiger partial charge on any atom is -0.379 e. The van der Waals surface area contributed by atoms with Crippen molar-refractivity contribution in [3.8, 4) is 0 Å². The molecule has 3 nitrogen and oxygen atoms in total. The summed E-state index contributed by atoms with van der Waals surface area (Å²) in [4.78, 5) is 15.3. The summed E-state index contributed by atoms with van der Waals surface area (Å²) in [7, 11) is 0. The van der Waals surface area contributed by atoms with Gasteiger partial charge in [0.15, 0.2) is 0 Å². The molecule has 0 aliphatic rings. The van der Waals surface area contributed by atoms with Crippen molar-refractivity contribution in [2.45, 2.75) is 19.1 Å². The van der Waals surface area contributed by atoms with Crippen LogP contribution in [0.2, 0.25) is 0 Å². The molecule has 0 radical (unpaired) electrons. The summed E-state index contributed by atoms with van der Waals surface area (Å²) >= 11 is 0. The summed E-state index contributed by atoms with van der Waals surface area (Å²) in [6.45, 7) is 2.55. The molecule has 160 valence electrons. The molecule has 0 fully saturated rings. The van der Waals surface area contributed by atoms with Crippen molar-refractivity contribution in [3.63, 3.8) is 0 Å². The molecule has 0 aliphatic heterocycles. The van der Waals surface area contributed by atoms with Crippen LogP contribution in [0.4, 0.5) is 0 Å². The van der Waals surface area contributed by atoms with Gasteiger partial charge in [-0.15, -0.1) is 0 Å². The zero-order valence-corrected chi connectivity index (χ0v) is 18.2. The number of carbonyl (C=O) groups is 1. The Labute approximate surface area is 189 Å². The molecule has 4 rings (SSSR count). The van der Waals surface area contributed by atoms with Crippen LogP contribution in [0.3, 0.4) is 0 Å². The molecule has 3 heteroatoms. The van der Waals surface area contributed by atoms with Gasteiger partial charge >= 0.3 is 0 Å². The number of carbonyl (C=O) groups excluding carboxylic acids is 1. The Morgan fingerprint density at radius 3 is 1.81 bits per heavy atom. The summed E-state index contributed by atoms with van der Waals surface area (Å²) in [6.07, 6.45) is 0. The molecule has 4 aromatic carbocycles. The molecule has 32 heavy (non-hydrogen) atoms. The lowest BCUT2D eigenvalue weighted by Gasteiger charge is -2.35. The predicted octanol–water partition coefficient (Wildman–Crippen LogP) is 5.57. The topological polar surface area (TPSA) is 40.5 Å². The van der Waals surface area contributed by atoms with E-state index in [9.17, 15) is 9.90 Å². The van der Waals surface area contributed by atoms with Gasteiger partial charge < -0.3 is 10.0 Å². The second kappa shape index (κ2) is 9.63. The van der Waals surface area contributed by atoms with Crippen molar-refractivity contribution >= 4 is 5.91 Å². The van der Waals surface area contributed by atoms with Crippen molar-refractivity contribution in [2.75, 3.05) is 6.54 Å². The number of aliphatic hydroxyl groups is 1. The third-order valence-corrected chi connectivity index (χ3v) is 5.72. The summed E-state index contributed by atoms with van der Waals surface area (Å²) in [6, 6.07) is 36.5. The number of hydrogen-bond acceptors (Lipinski definition) is 2. The fourth-order valence-corrected chi connectivity index (χ4v) is 3.94. The minimum atomic E-state index is -1.35. The van der Waals surface area contributed by atoms with E-state index in [4.69, 9.17) is 0 Å². The number of aryl methyl sites for hydroxylation is 1. The first kappa shape index (κ1) is 21.5. The SMILES string of the molecule is Cc1ccc(C(O)(CN(Cc2ccccc2)C(=O)c2ccccc2)c2ccccc2)cc1. The summed E-state index contributed by atoms with van der Waals surface area (Å²) in [5, 5.41) is 12.1. The Bertz CT molecular complexity index is 1140. The van der Waals surface area contributed by atoms with E-state index < -0.39 is 5.60 Å². The van der Waals surface area contributed by atoms with Gasteiger partial charge in [0.25, 0.3) is 5.91 Å². The first-order valence-electron chi connectivity index (χ1n) is 10.8. The van der Waals surface area contributed by atoms with Crippen LogP contribution in [0.15, 0.2) is 115 Å². The van der Waals surface area contributed by atoms with Gasteiger partial charge in [-0.05, 0) is 35.7 Å². The largest absolute Gasteiger partial charge is 0.379 e. The quantitative estimate of drug-likeness (QED) is 0.424. The lowest BCUT2D eigenvalue weighted by Crippen LogP contribution is -2.44. The van der Waals surface area contributed by atoms with Gasteiger partial charge in [-0.25, -0.2) is 0 Å². The van der Waals surface area contributed by atoms with E-state index in [-0.39, 0.29) is 12.5 Å². The van der Waals surface area contributed by atoms with Crippen LogP contribution in [0.25, 0.3) is 0 Å². The molecular formula is C29H27NO2. The molecule has 1 atom stereocenters. The molecular weight excluding hydrogens is 394 g/mol. The maximum atomic E-state index is 13.6. The highest BCUT2D eigenvalue weighted by atomic mass is 16.3. The average molecular weight is 422 g/mol. The highest BCUT2D eigenvalue weighted by Gasteiger charge is 2.35. The van der Waals surface area contributed by atoms with Crippen LogP contribution in [0.5, 0.6) is 0 Å². The maximum Gasteiger partial charge on any atom is 0.254 e. The van der Waals surface area contributed by atoms with Crippen LogP contribution in [-0.2, 0) is 12.1 Å². The fraction of sp³-hybridized carbons (Fsp3) is 0.138. The van der Waals surface area contributed by atoms with Gasteiger partial charge in [-0.3, -0.25) is 4.79 Å². The van der Waals surface area contributed by atoms with E-state index in [0.717, 1.165) is 22.3 Å². The van der Waals surface area contributed by atoms with Gasteiger partial charge in [-0.1, -0.05) is 109 Å². The first-order valence-corrected chi connectivity index (χ1v) is 10.8. The fourth-order valence-electron chi connectivity index (χ4n) is 3.94. The van der Waals surface area contributed by atoms with E-state index in [1.807, 2.05) is 122 Å². The third-order valence-electron chi connectivity index (χ3n) is 5.72. The van der Waals surface area contributed by atoms with E-state index in [1.165, 1.54) is 0 Å². The van der Waals surface area contributed by atoms with E-state index in [0.29, 0.717) is 12.1 Å². The van der Waals surface area contributed by atoms with Crippen molar-refractivity contribution in [2.24, 2.45) is 0 Å². The van der Waals surface area contributed by atoms with Crippen LogP contribution in [0.1, 0.15) is 32.6 Å². The lowest BCUT2D eigenvalue weighted by molar-refractivity contribution is 0.0275. The summed E-state index contributed by atoms with van der Waals surface area (Å²) in [5.74, 6) is -0.115. The standard InChI is InChI=1S/C29H27NO2/c1-23-17-19-27(20-18-23)29(32,26-15-9-4-10-16-26)22-30(21-24-11-5-2-6-12-24)28(31)25-13-7-3-8-14-25/h2-20,32H,21-22H2,1H3. The molecule has 1 N–H and O–H groups in total. The van der Waals surface area contributed by atoms with Gasteiger partial charge in [0, 0.05) is 12.1 Å². The zero-order valence-electron chi connectivity index (χ0n) is 18.2. The second-order valence-corrected chi connectivity index (χ2v) is 8.11. The summed E-state index contributed by atoms with van der Waals surface area (Å²) in [5.41, 5.74) is 2.88. The molecule has 0 saturated heterocycles.